The molecule has 0 saturated carbocycles. The first-order valence-electron chi connectivity index (χ1n) is 8.69. The number of carbonyl (C=O) groups excluding carboxylic acids is 1. The minimum Gasteiger partial charge on any atom is -0.396 e. The van der Waals surface area contributed by atoms with Gasteiger partial charge in [-0.25, -0.2) is 0 Å². The first kappa shape index (κ1) is 18.0. The van der Waals surface area contributed by atoms with Crippen LogP contribution in [0.5, 0.6) is 0 Å². The number of aliphatic hydroxyl groups excluding tert-OH is 1. The number of piperidine rings is 1. The van der Waals surface area contributed by atoms with E-state index in [-0.39, 0.29) is 18.6 Å². The van der Waals surface area contributed by atoms with Crippen LogP contribution in [0.3, 0.4) is 0 Å². The van der Waals surface area contributed by atoms with Gasteiger partial charge < -0.3 is 10.4 Å². The van der Waals surface area contributed by atoms with Gasteiger partial charge in [-0.2, -0.15) is 0 Å². The van der Waals surface area contributed by atoms with Crippen LogP contribution < -0.4 is 5.32 Å². The van der Waals surface area contributed by atoms with Crippen LogP contribution in [-0.4, -0.2) is 41.7 Å². The van der Waals surface area contributed by atoms with Gasteiger partial charge in [0.2, 0.25) is 5.91 Å². The third-order valence-electron chi connectivity index (χ3n) is 5.01. The second kappa shape index (κ2) is 7.93. The van der Waals surface area contributed by atoms with E-state index in [9.17, 15) is 9.90 Å². The van der Waals surface area contributed by atoms with E-state index >= 15 is 0 Å². The Balaban J connectivity index is 2.05. The molecule has 0 aliphatic carbocycles. The average molecular weight is 318 g/mol. The summed E-state index contributed by atoms with van der Waals surface area (Å²) in [6.45, 7) is 10.3. The second-order valence-electron chi connectivity index (χ2n) is 7.02. The molecule has 2 rings (SSSR count). The molecule has 4 nitrogen and oxygen atoms in total. The van der Waals surface area contributed by atoms with E-state index in [1.165, 1.54) is 5.56 Å². The number of likely N-dealkylation sites (tertiary alicyclic amines) is 1. The SMILES string of the molecule is Cc1cccc(C(C)C)c1NC(=O)C(C)N1CCC(CO)CC1. The highest BCUT2D eigenvalue weighted by atomic mass is 16.3. The number of nitrogens with zero attached hydrogens (tertiary/aromatic N) is 1. The summed E-state index contributed by atoms with van der Waals surface area (Å²) < 4.78 is 0. The molecule has 1 aromatic carbocycles. The lowest BCUT2D eigenvalue weighted by Crippen LogP contribution is -2.46. The zero-order chi connectivity index (χ0) is 17.0. The highest BCUT2D eigenvalue weighted by molar-refractivity contribution is 5.96. The lowest BCUT2D eigenvalue weighted by atomic mass is 9.96. The van der Waals surface area contributed by atoms with E-state index < -0.39 is 0 Å². The fraction of sp³-hybridized carbons (Fsp3) is 0.632. The Bertz CT molecular complexity index is 534. The highest BCUT2D eigenvalue weighted by Gasteiger charge is 2.27. The highest BCUT2D eigenvalue weighted by Crippen LogP contribution is 2.28. The first-order chi connectivity index (χ1) is 10.9. The van der Waals surface area contributed by atoms with Crippen molar-refractivity contribution in [2.24, 2.45) is 5.92 Å². The van der Waals surface area contributed by atoms with Crippen molar-refractivity contribution in [3.05, 3.63) is 29.3 Å². The van der Waals surface area contributed by atoms with Gasteiger partial charge in [0, 0.05) is 12.3 Å². The van der Waals surface area contributed by atoms with Crippen molar-refractivity contribution in [3.8, 4) is 0 Å². The topological polar surface area (TPSA) is 52.6 Å². The van der Waals surface area contributed by atoms with Crippen LogP contribution in [0.25, 0.3) is 0 Å². The molecule has 4 heteroatoms. The van der Waals surface area contributed by atoms with Gasteiger partial charge in [0.1, 0.15) is 0 Å². The fourth-order valence-corrected chi connectivity index (χ4v) is 3.26. The number of benzene rings is 1. The van der Waals surface area contributed by atoms with Crippen molar-refractivity contribution in [3.63, 3.8) is 0 Å². The fourth-order valence-electron chi connectivity index (χ4n) is 3.26. The van der Waals surface area contributed by atoms with Gasteiger partial charge in [0.05, 0.1) is 6.04 Å². The molecule has 0 spiro atoms. The van der Waals surface area contributed by atoms with Crippen LogP contribution >= 0.6 is 0 Å². The smallest absolute Gasteiger partial charge is 0.241 e. The maximum Gasteiger partial charge on any atom is 0.241 e. The lowest BCUT2D eigenvalue weighted by molar-refractivity contribution is -0.121. The molecule has 0 aromatic heterocycles. The molecule has 128 valence electrons. The van der Waals surface area contributed by atoms with E-state index in [2.05, 4.69) is 30.1 Å². The first-order valence-corrected chi connectivity index (χ1v) is 8.69. The maximum absolute atomic E-state index is 12.7. The predicted octanol–water partition coefficient (Wildman–Crippen LogP) is 3.15. The molecule has 1 unspecified atom stereocenters. The normalized spacial score (nSPS) is 18.2. The largest absolute Gasteiger partial charge is 0.396 e. The van der Waals surface area contributed by atoms with E-state index in [0.717, 1.165) is 37.2 Å². The zero-order valence-corrected chi connectivity index (χ0v) is 14.8. The van der Waals surface area contributed by atoms with Crippen molar-refractivity contribution in [2.45, 2.75) is 52.5 Å². The van der Waals surface area contributed by atoms with Gasteiger partial charge in [-0.15, -0.1) is 0 Å². The standard InChI is InChI=1S/C19H30N2O2/c1-13(2)17-7-5-6-14(3)18(17)20-19(23)15(4)21-10-8-16(12-22)9-11-21/h5-7,13,15-16,22H,8-12H2,1-4H3,(H,20,23). The Morgan fingerprint density at radius 1 is 1.30 bits per heavy atom. The van der Waals surface area contributed by atoms with Gasteiger partial charge in [-0.3, -0.25) is 9.69 Å². The Morgan fingerprint density at radius 3 is 2.52 bits per heavy atom. The molecule has 1 aliphatic heterocycles. The van der Waals surface area contributed by atoms with Crippen molar-refractivity contribution < 1.29 is 9.90 Å². The molecule has 2 N–H and O–H groups in total. The van der Waals surface area contributed by atoms with Crippen molar-refractivity contribution in [1.82, 2.24) is 4.90 Å². The minimum absolute atomic E-state index is 0.0589. The maximum atomic E-state index is 12.7. The number of carbonyl (C=O) groups is 1. The molecule has 1 fully saturated rings. The average Bonchev–Trinajstić information content (AvgIpc) is 2.55. The summed E-state index contributed by atoms with van der Waals surface area (Å²) in [5.74, 6) is 0.829. The summed E-state index contributed by atoms with van der Waals surface area (Å²) in [5.41, 5.74) is 3.25. The second-order valence-corrected chi connectivity index (χ2v) is 7.02. The summed E-state index contributed by atoms with van der Waals surface area (Å²) in [7, 11) is 0. The van der Waals surface area contributed by atoms with Gasteiger partial charge in [-0.1, -0.05) is 32.0 Å². The molecule has 1 aromatic rings. The number of para-hydroxylation sites is 1. The Kier molecular flexibility index (Phi) is 6.19. The monoisotopic (exact) mass is 318 g/mol. The van der Waals surface area contributed by atoms with Crippen molar-refractivity contribution in [2.75, 3.05) is 25.0 Å². The van der Waals surface area contributed by atoms with Crippen LogP contribution in [0.15, 0.2) is 18.2 Å². The number of nitrogens with one attached hydrogen (secondary N) is 1. The molecule has 23 heavy (non-hydrogen) atoms. The minimum atomic E-state index is -0.144. The Morgan fingerprint density at radius 2 is 1.96 bits per heavy atom. The molecule has 1 atom stereocenters. The molecule has 1 saturated heterocycles. The summed E-state index contributed by atoms with van der Waals surface area (Å²) >= 11 is 0. The summed E-state index contributed by atoms with van der Waals surface area (Å²) in [6, 6.07) is 6.03. The third kappa shape index (κ3) is 4.33. The molecule has 1 heterocycles. The Labute approximate surface area is 139 Å². The number of rotatable bonds is 5. The third-order valence-corrected chi connectivity index (χ3v) is 5.01. The van der Waals surface area contributed by atoms with E-state index in [1.54, 1.807) is 0 Å². The summed E-state index contributed by atoms with van der Waals surface area (Å²) in [5, 5.41) is 12.4. The molecular formula is C19H30N2O2. The van der Waals surface area contributed by atoms with Crippen LogP contribution in [0.1, 0.15) is 50.7 Å². The number of aliphatic hydroxyl groups is 1. The van der Waals surface area contributed by atoms with Gasteiger partial charge in [0.25, 0.3) is 0 Å². The van der Waals surface area contributed by atoms with Gasteiger partial charge >= 0.3 is 0 Å². The molecule has 1 aliphatic rings. The van der Waals surface area contributed by atoms with Crippen LogP contribution in [0.4, 0.5) is 5.69 Å². The van der Waals surface area contributed by atoms with E-state index in [0.29, 0.717) is 11.8 Å². The molecular weight excluding hydrogens is 288 g/mol. The van der Waals surface area contributed by atoms with Crippen molar-refractivity contribution in [1.29, 1.82) is 0 Å². The number of anilines is 1. The van der Waals surface area contributed by atoms with E-state index in [1.807, 2.05) is 26.0 Å². The zero-order valence-electron chi connectivity index (χ0n) is 14.8. The van der Waals surface area contributed by atoms with Crippen LogP contribution in [0.2, 0.25) is 0 Å². The molecule has 0 radical (unpaired) electrons. The van der Waals surface area contributed by atoms with E-state index in [4.69, 9.17) is 0 Å². The predicted molar refractivity (Wildman–Crippen MR) is 94.7 cm³/mol. The quantitative estimate of drug-likeness (QED) is 0.877. The van der Waals surface area contributed by atoms with Gasteiger partial charge in [0.15, 0.2) is 0 Å². The summed E-state index contributed by atoms with van der Waals surface area (Å²) in [4.78, 5) is 14.9. The lowest BCUT2D eigenvalue weighted by Gasteiger charge is -2.34. The summed E-state index contributed by atoms with van der Waals surface area (Å²) in [6.07, 6.45) is 1.94. The molecule has 1 amide bonds. The van der Waals surface area contributed by atoms with Crippen LogP contribution in [0, 0.1) is 12.8 Å². The molecule has 0 bridgehead atoms. The van der Waals surface area contributed by atoms with Crippen molar-refractivity contribution >= 4 is 11.6 Å². The number of hydrogen-bond acceptors (Lipinski definition) is 3. The van der Waals surface area contributed by atoms with Crippen LogP contribution in [-0.2, 0) is 4.79 Å². The Hall–Kier alpha value is -1.39. The number of aryl methyl sites for hydroxylation is 1. The number of hydrogen-bond donors (Lipinski definition) is 2. The number of amides is 1. The van der Waals surface area contributed by atoms with Gasteiger partial charge in [-0.05, 0) is 62.7 Å².